The fraction of sp³-hybridized carbons (Fsp3) is 0.650. The molecule has 1 unspecified atom stereocenters. The molecule has 1 heterocycles. The van der Waals surface area contributed by atoms with Gasteiger partial charge < -0.3 is 15.5 Å². The number of hydrogen-bond donors (Lipinski definition) is 2. The van der Waals surface area contributed by atoms with E-state index in [0.29, 0.717) is 11.3 Å². The minimum Gasteiger partial charge on any atom is -0.371 e. The number of rotatable bonds is 6. The lowest BCUT2D eigenvalue weighted by Crippen LogP contribution is -2.47. The Bertz CT molecular complexity index is 637. The highest BCUT2D eigenvalue weighted by molar-refractivity contribution is 5.79. The van der Waals surface area contributed by atoms with Crippen molar-refractivity contribution < 1.29 is 8.78 Å². The standard InChI is InChI=1S/C20H30F2N4/c1-3-20(8-4-9-20)14-25-19(23-2)24-12-15-7-10-26(13-15)16-5-6-17(21)18(22)11-16/h5-6,11,15H,3-4,7-10,12-14H2,1-2H3,(H2,23,24,25). The number of anilines is 1. The van der Waals surface area contributed by atoms with Crippen LogP contribution in [0.1, 0.15) is 39.0 Å². The van der Waals surface area contributed by atoms with Crippen molar-refractivity contribution in [2.24, 2.45) is 16.3 Å². The van der Waals surface area contributed by atoms with Crippen molar-refractivity contribution in [3.63, 3.8) is 0 Å². The van der Waals surface area contributed by atoms with Crippen LogP contribution in [0, 0.1) is 23.0 Å². The summed E-state index contributed by atoms with van der Waals surface area (Å²) in [5, 5.41) is 6.90. The lowest BCUT2D eigenvalue weighted by Gasteiger charge is -2.41. The van der Waals surface area contributed by atoms with Crippen LogP contribution in [-0.2, 0) is 0 Å². The van der Waals surface area contributed by atoms with Gasteiger partial charge in [0.15, 0.2) is 17.6 Å². The van der Waals surface area contributed by atoms with Gasteiger partial charge in [-0.1, -0.05) is 13.3 Å². The van der Waals surface area contributed by atoms with Gasteiger partial charge in [0.1, 0.15) is 0 Å². The molecule has 0 amide bonds. The number of guanidine groups is 1. The number of nitrogens with zero attached hydrogens (tertiary/aromatic N) is 2. The molecule has 1 saturated carbocycles. The number of aliphatic imine (C=N–C) groups is 1. The molecular formula is C20H30F2N4. The number of hydrogen-bond acceptors (Lipinski definition) is 2. The van der Waals surface area contributed by atoms with Gasteiger partial charge in [-0.05, 0) is 49.1 Å². The average Bonchev–Trinajstić information content (AvgIpc) is 3.08. The SMILES string of the molecule is CCC1(CNC(=NC)NCC2CCN(c3ccc(F)c(F)c3)C2)CCC1. The van der Waals surface area contributed by atoms with Crippen LogP contribution in [0.2, 0.25) is 0 Å². The maximum atomic E-state index is 13.4. The molecule has 0 radical (unpaired) electrons. The van der Waals surface area contributed by atoms with Crippen molar-refractivity contribution in [3.8, 4) is 0 Å². The minimum atomic E-state index is -0.794. The van der Waals surface area contributed by atoms with Crippen LogP contribution in [0.25, 0.3) is 0 Å². The highest BCUT2D eigenvalue weighted by atomic mass is 19.2. The molecule has 3 rings (SSSR count). The summed E-state index contributed by atoms with van der Waals surface area (Å²) in [4.78, 5) is 6.45. The van der Waals surface area contributed by atoms with E-state index in [1.54, 1.807) is 13.1 Å². The number of benzene rings is 1. The maximum absolute atomic E-state index is 13.4. The van der Waals surface area contributed by atoms with Crippen LogP contribution in [0.5, 0.6) is 0 Å². The molecule has 26 heavy (non-hydrogen) atoms. The highest BCUT2D eigenvalue weighted by Gasteiger charge is 2.35. The Balaban J connectivity index is 1.45. The topological polar surface area (TPSA) is 39.7 Å². The summed E-state index contributed by atoms with van der Waals surface area (Å²) in [7, 11) is 1.80. The van der Waals surface area contributed by atoms with E-state index in [-0.39, 0.29) is 0 Å². The van der Waals surface area contributed by atoms with Crippen molar-refractivity contribution in [3.05, 3.63) is 29.8 Å². The van der Waals surface area contributed by atoms with E-state index < -0.39 is 11.6 Å². The third kappa shape index (κ3) is 4.27. The first-order chi connectivity index (χ1) is 12.5. The smallest absolute Gasteiger partial charge is 0.191 e. The van der Waals surface area contributed by atoms with Crippen molar-refractivity contribution >= 4 is 11.6 Å². The average molecular weight is 364 g/mol. The summed E-state index contributed by atoms with van der Waals surface area (Å²) in [6.45, 7) is 5.78. The molecule has 1 aliphatic heterocycles. The van der Waals surface area contributed by atoms with E-state index in [9.17, 15) is 8.78 Å². The van der Waals surface area contributed by atoms with E-state index in [1.165, 1.54) is 37.8 Å². The van der Waals surface area contributed by atoms with Crippen LogP contribution in [0.15, 0.2) is 23.2 Å². The predicted molar refractivity (Wildman–Crippen MR) is 103 cm³/mol. The molecule has 1 aromatic rings. The molecular weight excluding hydrogens is 334 g/mol. The quantitative estimate of drug-likeness (QED) is 0.599. The summed E-state index contributed by atoms with van der Waals surface area (Å²) in [6.07, 6.45) is 6.19. The van der Waals surface area contributed by atoms with Crippen molar-refractivity contribution in [1.29, 1.82) is 0 Å². The van der Waals surface area contributed by atoms with E-state index in [2.05, 4.69) is 27.4 Å². The van der Waals surface area contributed by atoms with Gasteiger partial charge in [0.25, 0.3) is 0 Å². The highest BCUT2D eigenvalue weighted by Crippen LogP contribution is 2.43. The third-order valence-corrected chi connectivity index (χ3v) is 6.13. The monoisotopic (exact) mass is 364 g/mol. The van der Waals surface area contributed by atoms with Crippen LogP contribution in [0.3, 0.4) is 0 Å². The van der Waals surface area contributed by atoms with Gasteiger partial charge in [-0.25, -0.2) is 8.78 Å². The van der Waals surface area contributed by atoms with Gasteiger partial charge in [0.05, 0.1) is 0 Å². The van der Waals surface area contributed by atoms with Crippen LogP contribution in [-0.4, -0.2) is 39.2 Å². The van der Waals surface area contributed by atoms with Gasteiger partial charge in [0.2, 0.25) is 0 Å². The second kappa shape index (κ2) is 8.23. The normalized spacial score (nSPS) is 22.2. The molecule has 4 nitrogen and oxygen atoms in total. The minimum absolute atomic E-state index is 0.453. The summed E-state index contributed by atoms with van der Waals surface area (Å²) in [6, 6.07) is 4.14. The second-order valence-electron chi connectivity index (χ2n) is 7.71. The lowest BCUT2D eigenvalue weighted by atomic mass is 9.67. The Hall–Kier alpha value is -1.85. The third-order valence-electron chi connectivity index (χ3n) is 6.13. The zero-order valence-corrected chi connectivity index (χ0v) is 15.8. The van der Waals surface area contributed by atoms with E-state index in [0.717, 1.165) is 44.2 Å². The molecule has 0 aromatic heterocycles. The molecule has 1 aliphatic carbocycles. The van der Waals surface area contributed by atoms with E-state index in [4.69, 9.17) is 0 Å². The molecule has 2 N–H and O–H groups in total. The lowest BCUT2D eigenvalue weighted by molar-refractivity contribution is 0.131. The first-order valence-corrected chi connectivity index (χ1v) is 9.70. The zero-order valence-electron chi connectivity index (χ0n) is 15.8. The largest absolute Gasteiger partial charge is 0.371 e. The first kappa shape index (κ1) is 18.9. The fourth-order valence-electron chi connectivity index (χ4n) is 3.98. The Labute approximate surface area is 155 Å². The first-order valence-electron chi connectivity index (χ1n) is 9.70. The van der Waals surface area contributed by atoms with E-state index in [1.807, 2.05) is 0 Å². The van der Waals surface area contributed by atoms with Crippen LogP contribution in [0.4, 0.5) is 14.5 Å². The Morgan fingerprint density at radius 1 is 1.27 bits per heavy atom. The fourth-order valence-corrected chi connectivity index (χ4v) is 3.98. The summed E-state index contributed by atoms with van der Waals surface area (Å²) in [5.41, 5.74) is 1.21. The Kier molecular flexibility index (Phi) is 5.99. The molecule has 144 valence electrons. The van der Waals surface area contributed by atoms with Crippen LogP contribution < -0.4 is 15.5 Å². The van der Waals surface area contributed by atoms with E-state index >= 15 is 0 Å². The molecule has 1 saturated heterocycles. The van der Waals surface area contributed by atoms with Crippen molar-refractivity contribution in [2.75, 3.05) is 38.1 Å². The summed E-state index contributed by atoms with van der Waals surface area (Å²) in [5.74, 6) is -0.256. The van der Waals surface area contributed by atoms with Crippen molar-refractivity contribution in [1.82, 2.24) is 10.6 Å². The zero-order chi connectivity index (χ0) is 18.6. The Morgan fingerprint density at radius 3 is 2.69 bits per heavy atom. The molecule has 6 heteroatoms. The summed E-state index contributed by atoms with van der Waals surface area (Å²) < 4.78 is 26.5. The van der Waals surface area contributed by atoms with Gasteiger partial charge in [0, 0.05) is 45.0 Å². The van der Waals surface area contributed by atoms with Gasteiger partial charge in [-0.3, -0.25) is 4.99 Å². The summed E-state index contributed by atoms with van der Waals surface area (Å²) >= 11 is 0. The molecule has 2 fully saturated rings. The molecule has 2 aliphatic rings. The predicted octanol–water partition coefficient (Wildman–Crippen LogP) is 3.54. The number of halogens is 2. The molecule has 1 aromatic carbocycles. The van der Waals surface area contributed by atoms with Crippen LogP contribution >= 0.6 is 0 Å². The van der Waals surface area contributed by atoms with Gasteiger partial charge in [-0.2, -0.15) is 0 Å². The molecule has 0 spiro atoms. The van der Waals surface area contributed by atoms with Crippen molar-refractivity contribution in [2.45, 2.75) is 39.0 Å². The molecule has 0 bridgehead atoms. The second-order valence-corrected chi connectivity index (χ2v) is 7.71. The Morgan fingerprint density at radius 2 is 2.08 bits per heavy atom. The van der Waals surface area contributed by atoms with Gasteiger partial charge >= 0.3 is 0 Å². The maximum Gasteiger partial charge on any atom is 0.191 e. The number of nitrogens with one attached hydrogen (secondary N) is 2. The van der Waals surface area contributed by atoms with Gasteiger partial charge in [-0.15, -0.1) is 0 Å². The molecule has 1 atom stereocenters.